The van der Waals surface area contributed by atoms with Gasteiger partial charge in [0.05, 0.1) is 0 Å². The minimum Gasteiger partial charge on any atom is -0.495 e. The number of hydrogen-bond acceptors (Lipinski definition) is 3. The zero-order valence-electron chi connectivity index (χ0n) is 12.0. The Balaban J connectivity index is 2.72. The highest BCUT2D eigenvalue weighted by Crippen LogP contribution is 2.45. The Morgan fingerprint density at radius 3 is 2.50 bits per heavy atom. The number of aliphatic hydroxyl groups excluding tert-OH is 1. The number of aliphatic hydroxyl groups is 1. The van der Waals surface area contributed by atoms with Gasteiger partial charge >= 0.3 is 0 Å². The Labute approximate surface area is 110 Å². The summed E-state index contributed by atoms with van der Waals surface area (Å²) in [5.41, 5.74) is 0.249. The van der Waals surface area contributed by atoms with Crippen molar-refractivity contribution in [2.75, 3.05) is 6.54 Å². The van der Waals surface area contributed by atoms with Crippen LogP contribution >= 0.6 is 0 Å². The van der Waals surface area contributed by atoms with Gasteiger partial charge < -0.3 is 15.7 Å². The summed E-state index contributed by atoms with van der Waals surface area (Å²) in [5.74, 6) is 0.0373. The van der Waals surface area contributed by atoms with E-state index in [9.17, 15) is 9.90 Å². The van der Waals surface area contributed by atoms with Gasteiger partial charge in [-0.3, -0.25) is 4.79 Å². The molecule has 104 valence electrons. The van der Waals surface area contributed by atoms with Crippen LogP contribution in [-0.4, -0.2) is 23.6 Å². The second kappa shape index (κ2) is 5.21. The van der Waals surface area contributed by atoms with Crippen molar-refractivity contribution in [2.24, 2.45) is 10.8 Å². The van der Waals surface area contributed by atoms with E-state index in [2.05, 4.69) is 38.0 Å². The van der Waals surface area contributed by atoms with E-state index >= 15 is 0 Å². The number of carbonyl (C=O) groups excluding carboxylic acids is 1. The van der Waals surface area contributed by atoms with Crippen LogP contribution in [0.25, 0.3) is 0 Å². The van der Waals surface area contributed by atoms with E-state index in [0.29, 0.717) is 6.54 Å². The quantitative estimate of drug-likeness (QED) is 0.675. The van der Waals surface area contributed by atoms with Gasteiger partial charge in [-0.1, -0.05) is 20.8 Å². The molecule has 1 aliphatic rings. The van der Waals surface area contributed by atoms with E-state index in [1.807, 2.05) is 0 Å². The van der Waals surface area contributed by atoms with Crippen LogP contribution < -0.4 is 10.6 Å². The minimum absolute atomic E-state index is 0.00989. The molecule has 1 saturated carbocycles. The Hall–Kier alpha value is -1.19. The molecule has 2 unspecified atom stereocenters. The van der Waals surface area contributed by atoms with Gasteiger partial charge in [0.25, 0.3) is 0 Å². The van der Waals surface area contributed by atoms with E-state index in [1.54, 1.807) is 6.92 Å². The summed E-state index contributed by atoms with van der Waals surface area (Å²) in [4.78, 5) is 11.1. The summed E-state index contributed by atoms with van der Waals surface area (Å²) >= 11 is 0. The van der Waals surface area contributed by atoms with Gasteiger partial charge in [0.15, 0.2) is 5.88 Å². The lowest BCUT2D eigenvalue weighted by Gasteiger charge is -2.47. The molecule has 4 heteroatoms. The maximum absolute atomic E-state index is 11.1. The van der Waals surface area contributed by atoms with Gasteiger partial charge in [-0.15, -0.1) is 0 Å². The van der Waals surface area contributed by atoms with E-state index in [-0.39, 0.29) is 28.7 Å². The normalized spacial score (nSPS) is 30.6. The summed E-state index contributed by atoms with van der Waals surface area (Å²) in [6, 6.07) is 0.213. The largest absolute Gasteiger partial charge is 0.495 e. The van der Waals surface area contributed by atoms with E-state index < -0.39 is 0 Å². The highest BCUT2D eigenvalue weighted by atomic mass is 16.3. The van der Waals surface area contributed by atoms with Crippen LogP contribution in [0.2, 0.25) is 0 Å². The molecule has 0 aliphatic heterocycles. The molecule has 1 aliphatic carbocycles. The molecule has 0 saturated heterocycles. The van der Waals surface area contributed by atoms with Gasteiger partial charge in [-0.25, -0.2) is 0 Å². The second-order valence-corrected chi connectivity index (χ2v) is 6.76. The van der Waals surface area contributed by atoms with Gasteiger partial charge in [-0.05, 0) is 36.7 Å². The van der Waals surface area contributed by atoms with E-state index in [1.165, 1.54) is 0 Å². The lowest BCUT2D eigenvalue weighted by Crippen LogP contribution is -2.48. The second-order valence-electron chi connectivity index (χ2n) is 6.76. The van der Waals surface area contributed by atoms with Crippen LogP contribution in [0.15, 0.2) is 12.5 Å². The van der Waals surface area contributed by atoms with Crippen LogP contribution in [0.5, 0.6) is 0 Å². The smallest absolute Gasteiger partial charge is 0.216 e. The molecule has 3 N–H and O–H groups in total. The maximum atomic E-state index is 11.1. The van der Waals surface area contributed by atoms with Crippen LogP contribution in [-0.2, 0) is 4.79 Å². The van der Waals surface area contributed by atoms with Crippen molar-refractivity contribution >= 4 is 5.91 Å². The Bertz CT molecular complexity index is 339. The molecule has 0 bridgehead atoms. The zero-order chi connectivity index (χ0) is 14.0. The fraction of sp³-hybridized carbons (Fsp3) is 0.786. The number of carbonyl (C=O) groups is 1. The summed E-state index contributed by atoms with van der Waals surface area (Å²) in [6.07, 6.45) is 2.99. The average molecular weight is 254 g/mol. The SMILES string of the molecule is C=C(O)NC1CC(C)(C)CC(C)(CNC(C)=O)C1. The first-order valence-electron chi connectivity index (χ1n) is 6.51. The standard InChI is InChI=1S/C14H26N2O2/c1-10(17)15-9-14(5)7-12(16-11(2)18)6-13(3,4)8-14/h12,16,18H,2,6-9H2,1,3-5H3,(H,15,17). The topological polar surface area (TPSA) is 61.4 Å². The number of hydrogen-bond donors (Lipinski definition) is 3. The molecule has 0 heterocycles. The number of rotatable bonds is 4. The molecule has 18 heavy (non-hydrogen) atoms. The van der Waals surface area contributed by atoms with Crippen molar-refractivity contribution in [3.8, 4) is 0 Å². The van der Waals surface area contributed by atoms with E-state index in [0.717, 1.165) is 19.3 Å². The average Bonchev–Trinajstić information content (AvgIpc) is 2.10. The summed E-state index contributed by atoms with van der Waals surface area (Å²) in [7, 11) is 0. The van der Waals surface area contributed by atoms with Crippen molar-refractivity contribution in [1.29, 1.82) is 0 Å². The first-order chi connectivity index (χ1) is 8.12. The summed E-state index contributed by atoms with van der Waals surface area (Å²) < 4.78 is 0. The molecule has 1 fully saturated rings. The summed E-state index contributed by atoms with van der Waals surface area (Å²) in [5, 5.41) is 15.2. The highest BCUT2D eigenvalue weighted by molar-refractivity contribution is 5.72. The first-order valence-corrected chi connectivity index (χ1v) is 6.51. The molecule has 0 aromatic heterocycles. The minimum atomic E-state index is 0.00989. The molecule has 0 aromatic carbocycles. The van der Waals surface area contributed by atoms with Crippen LogP contribution in [0.3, 0.4) is 0 Å². The molecule has 4 nitrogen and oxygen atoms in total. The van der Waals surface area contributed by atoms with Crippen molar-refractivity contribution in [3.05, 3.63) is 12.5 Å². The predicted molar refractivity (Wildman–Crippen MR) is 73.1 cm³/mol. The molecule has 1 rings (SSSR count). The molecular formula is C14H26N2O2. The molecular weight excluding hydrogens is 228 g/mol. The van der Waals surface area contributed by atoms with Crippen molar-refractivity contribution in [3.63, 3.8) is 0 Å². The lowest BCUT2D eigenvalue weighted by atomic mass is 9.62. The molecule has 1 amide bonds. The summed E-state index contributed by atoms with van der Waals surface area (Å²) in [6.45, 7) is 12.4. The molecule has 2 atom stereocenters. The molecule has 0 radical (unpaired) electrons. The third kappa shape index (κ3) is 4.59. The molecule has 0 spiro atoms. The monoisotopic (exact) mass is 254 g/mol. The first kappa shape index (κ1) is 14.9. The van der Waals surface area contributed by atoms with Crippen LogP contribution in [0, 0.1) is 10.8 Å². The van der Waals surface area contributed by atoms with Crippen LogP contribution in [0.1, 0.15) is 47.0 Å². The third-order valence-corrected chi connectivity index (χ3v) is 3.58. The number of amides is 1. The van der Waals surface area contributed by atoms with Gasteiger partial charge in [0, 0.05) is 19.5 Å². The molecule has 0 aromatic rings. The van der Waals surface area contributed by atoms with Crippen molar-refractivity contribution in [2.45, 2.75) is 53.0 Å². The Kier molecular flexibility index (Phi) is 4.30. The highest BCUT2D eigenvalue weighted by Gasteiger charge is 2.41. The van der Waals surface area contributed by atoms with Crippen molar-refractivity contribution < 1.29 is 9.90 Å². The van der Waals surface area contributed by atoms with Gasteiger partial charge in [-0.2, -0.15) is 0 Å². The predicted octanol–water partition coefficient (Wildman–Crippen LogP) is 2.33. The van der Waals surface area contributed by atoms with Gasteiger partial charge in [0.2, 0.25) is 5.91 Å². The Morgan fingerprint density at radius 1 is 1.39 bits per heavy atom. The number of nitrogens with one attached hydrogen (secondary N) is 2. The maximum Gasteiger partial charge on any atom is 0.216 e. The lowest BCUT2D eigenvalue weighted by molar-refractivity contribution is -0.119. The zero-order valence-corrected chi connectivity index (χ0v) is 12.0. The van der Waals surface area contributed by atoms with E-state index in [4.69, 9.17) is 0 Å². The fourth-order valence-corrected chi connectivity index (χ4v) is 3.44. The van der Waals surface area contributed by atoms with Gasteiger partial charge in [0.1, 0.15) is 0 Å². The fourth-order valence-electron chi connectivity index (χ4n) is 3.44. The van der Waals surface area contributed by atoms with Crippen molar-refractivity contribution in [1.82, 2.24) is 10.6 Å². The Morgan fingerprint density at radius 2 is 2.00 bits per heavy atom. The third-order valence-electron chi connectivity index (χ3n) is 3.58. The van der Waals surface area contributed by atoms with Crippen LogP contribution in [0.4, 0.5) is 0 Å².